The molecular formula is C23H17F2N7O3. The molecule has 0 spiro atoms. The molecule has 0 aliphatic carbocycles. The van der Waals surface area contributed by atoms with Crippen molar-refractivity contribution in [2.45, 2.75) is 6.10 Å². The predicted molar refractivity (Wildman–Crippen MR) is 124 cm³/mol. The number of fused-ring (bicyclic) bond motifs is 4. The van der Waals surface area contributed by atoms with E-state index in [-0.39, 0.29) is 41.9 Å². The van der Waals surface area contributed by atoms with E-state index in [9.17, 15) is 13.6 Å². The molecule has 12 heteroatoms. The third kappa shape index (κ3) is 3.46. The number of hydrogen-bond acceptors (Lipinski definition) is 8. The molecule has 2 aromatic carbocycles. The van der Waals surface area contributed by atoms with Crippen LogP contribution in [0.2, 0.25) is 0 Å². The monoisotopic (exact) mass is 477 g/mol. The molecule has 5 aromatic rings. The van der Waals surface area contributed by atoms with Gasteiger partial charge in [0.05, 0.1) is 34.7 Å². The zero-order chi connectivity index (χ0) is 24.1. The average Bonchev–Trinajstić information content (AvgIpc) is 3.36. The Morgan fingerprint density at radius 2 is 2.06 bits per heavy atom. The number of halogens is 2. The lowest BCUT2D eigenvalue weighted by atomic mass is 10.2. The van der Waals surface area contributed by atoms with Crippen LogP contribution in [-0.4, -0.2) is 44.0 Å². The number of ether oxygens (including phenoxy) is 2. The molecule has 1 atom stereocenters. The summed E-state index contributed by atoms with van der Waals surface area (Å²) in [5, 5.41) is 10.3. The van der Waals surface area contributed by atoms with Crippen molar-refractivity contribution < 1.29 is 18.3 Å². The fraction of sp³-hybridized carbons (Fsp3) is 0.130. The Morgan fingerprint density at radius 3 is 2.94 bits per heavy atom. The smallest absolute Gasteiger partial charge is 0.267 e. The van der Waals surface area contributed by atoms with Gasteiger partial charge in [0, 0.05) is 18.0 Å². The number of aromatic nitrogens is 5. The van der Waals surface area contributed by atoms with Crippen LogP contribution in [-0.2, 0) is 0 Å². The highest BCUT2D eigenvalue weighted by atomic mass is 19.2. The fourth-order valence-corrected chi connectivity index (χ4v) is 4.00. The van der Waals surface area contributed by atoms with E-state index in [2.05, 4.69) is 25.5 Å². The summed E-state index contributed by atoms with van der Waals surface area (Å²) in [4.78, 5) is 22.0. The Kier molecular flexibility index (Phi) is 4.73. The summed E-state index contributed by atoms with van der Waals surface area (Å²) in [6, 6.07) is 8.72. The Balaban J connectivity index is 1.38. The zero-order valence-electron chi connectivity index (χ0n) is 18.0. The number of benzene rings is 2. The van der Waals surface area contributed by atoms with E-state index >= 15 is 0 Å². The molecular weight excluding hydrogens is 460 g/mol. The summed E-state index contributed by atoms with van der Waals surface area (Å²) >= 11 is 0. The molecule has 10 nitrogen and oxygen atoms in total. The molecule has 0 amide bonds. The lowest BCUT2D eigenvalue weighted by molar-refractivity contribution is 0.0997. The fourth-order valence-electron chi connectivity index (χ4n) is 4.00. The van der Waals surface area contributed by atoms with Crippen LogP contribution < -0.4 is 26.1 Å². The van der Waals surface area contributed by atoms with E-state index in [1.165, 1.54) is 24.5 Å². The highest BCUT2D eigenvalue weighted by Gasteiger charge is 2.23. The SMILES string of the molecule is Nc1ccc2c(c1)OC[C@H](CNc1ncc3c4[nH]ncc4c(=O)n(-c4cccc(F)c4F)c3n1)O2. The summed E-state index contributed by atoms with van der Waals surface area (Å²) in [7, 11) is 0. The Bertz CT molecular complexity index is 1670. The first-order chi connectivity index (χ1) is 17.0. The highest BCUT2D eigenvalue weighted by Crippen LogP contribution is 2.33. The summed E-state index contributed by atoms with van der Waals surface area (Å²) in [5.41, 5.74) is 5.94. The molecule has 0 saturated heterocycles. The number of pyridine rings is 1. The van der Waals surface area contributed by atoms with E-state index in [1.54, 1.807) is 18.2 Å². The third-order valence-corrected chi connectivity index (χ3v) is 5.67. The van der Waals surface area contributed by atoms with Gasteiger partial charge in [0.1, 0.15) is 12.7 Å². The van der Waals surface area contributed by atoms with Gasteiger partial charge in [0.25, 0.3) is 5.56 Å². The zero-order valence-corrected chi connectivity index (χ0v) is 18.0. The van der Waals surface area contributed by atoms with Crippen molar-refractivity contribution in [3.05, 3.63) is 70.8 Å². The topological polar surface area (TPSA) is 133 Å². The van der Waals surface area contributed by atoms with Crippen molar-refractivity contribution in [3.8, 4) is 17.2 Å². The average molecular weight is 477 g/mol. The molecule has 0 unspecified atom stereocenters. The van der Waals surface area contributed by atoms with Crippen LogP contribution in [0.4, 0.5) is 20.4 Å². The maximum Gasteiger partial charge on any atom is 0.267 e. The van der Waals surface area contributed by atoms with Crippen LogP contribution in [0.3, 0.4) is 0 Å². The summed E-state index contributed by atoms with van der Waals surface area (Å²) in [6.45, 7) is 0.547. The van der Waals surface area contributed by atoms with Gasteiger partial charge in [-0.25, -0.2) is 13.8 Å². The van der Waals surface area contributed by atoms with Gasteiger partial charge in [0.2, 0.25) is 5.95 Å². The van der Waals surface area contributed by atoms with Gasteiger partial charge < -0.3 is 20.5 Å². The normalized spacial score (nSPS) is 15.0. The van der Waals surface area contributed by atoms with Crippen LogP contribution >= 0.6 is 0 Å². The molecule has 0 bridgehead atoms. The molecule has 4 heterocycles. The number of nitrogens with zero attached hydrogens (tertiary/aromatic N) is 4. The van der Waals surface area contributed by atoms with Crippen molar-refractivity contribution >= 4 is 33.6 Å². The molecule has 35 heavy (non-hydrogen) atoms. The van der Waals surface area contributed by atoms with E-state index < -0.39 is 17.2 Å². The lowest BCUT2D eigenvalue weighted by Gasteiger charge is -2.26. The summed E-state index contributed by atoms with van der Waals surface area (Å²) in [5.74, 6) is -0.965. The number of hydrogen-bond donors (Lipinski definition) is 3. The van der Waals surface area contributed by atoms with Gasteiger partial charge in [-0.05, 0) is 24.3 Å². The molecule has 4 N–H and O–H groups in total. The molecule has 0 radical (unpaired) electrons. The number of anilines is 2. The van der Waals surface area contributed by atoms with Gasteiger partial charge in [-0.1, -0.05) is 6.07 Å². The molecule has 3 aromatic heterocycles. The first kappa shape index (κ1) is 20.8. The van der Waals surface area contributed by atoms with Crippen molar-refractivity contribution in [1.82, 2.24) is 24.7 Å². The molecule has 0 fully saturated rings. The maximum atomic E-state index is 14.7. The van der Waals surface area contributed by atoms with Crippen molar-refractivity contribution in [2.75, 3.05) is 24.2 Å². The van der Waals surface area contributed by atoms with E-state index in [1.807, 2.05) is 0 Å². The largest absolute Gasteiger partial charge is 0.486 e. The number of nitrogens with two attached hydrogens (primary N) is 1. The van der Waals surface area contributed by atoms with Gasteiger partial charge >= 0.3 is 0 Å². The minimum absolute atomic E-state index is 0.0791. The van der Waals surface area contributed by atoms with Crippen LogP contribution in [0, 0.1) is 11.6 Å². The molecule has 176 valence electrons. The number of aromatic amines is 1. The summed E-state index contributed by atoms with van der Waals surface area (Å²) < 4.78 is 41.4. The Morgan fingerprint density at radius 1 is 1.17 bits per heavy atom. The molecule has 6 rings (SSSR count). The standard InChI is InChI=1S/C23H17F2N7O3/c24-15-2-1-3-16(19(15)25)32-21-13(20-14(22(32)33)9-29-31-20)8-28-23(30-21)27-7-12-10-34-18-6-11(26)4-5-17(18)35-12/h1-6,8-9,12H,7,10,26H2,(H,29,31)(H,27,28,30)/t12-/m0/s1. The van der Waals surface area contributed by atoms with Gasteiger partial charge in [0.15, 0.2) is 28.8 Å². The van der Waals surface area contributed by atoms with Crippen LogP contribution in [0.15, 0.2) is 53.6 Å². The first-order valence-corrected chi connectivity index (χ1v) is 10.6. The molecule has 0 saturated carbocycles. The maximum absolute atomic E-state index is 14.7. The van der Waals surface area contributed by atoms with Gasteiger partial charge in [-0.2, -0.15) is 10.1 Å². The van der Waals surface area contributed by atoms with E-state index in [0.29, 0.717) is 28.1 Å². The number of rotatable bonds is 4. The van der Waals surface area contributed by atoms with Gasteiger partial charge in [-0.15, -0.1) is 0 Å². The number of nitrogens with one attached hydrogen (secondary N) is 2. The first-order valence-electron chi connectivity index (χ1n) is 10.6. The van der Waals surface area contributed by atoms with Gasteiger partial charge in [-0.3, -0.25) is 14.5 Å². The van der Waals surface area contributed by atoms with E-state index in [4.69, 9.17) is 15.2 Å². The quantitative estimate of drug-likeness (QED) is 0.337. The highest BCUT2D eigenvalue weighted by molar-refractivity contribution is 6.02. The van der Waals surface area contributed by atoms with Crippen LogP contribution in [0.1, 0.15) is 0 Å². The Hall–Kier alpha value is -4.74. The van der Waals surface area contributed by atoms with Crippen LogP contribution in [0.25, 0.3) is 27.6 Å². The second-order valence-electron chi connectivity index (χ2n) is 7.94. The third-order valence-electron chi connectivity index (χ3n) is 5.67. The predicted octanol–water partition coefficient (Wildman–Crippen LogP) is 2.77. The van der Waals surface area contributed by atoms with Crippen LogP contribution in [0.5, 0.6) is 11.5 Å². The van der Waals surface area contributed by atoms with Crippen molar-refractivity contribution in [3.63, 3.8) is 0 Å². The Labute approximate surface area is 195 Å². The van der Waals surface area contributed by atoms with Crippen molar-refractivity contribution in [2.24, 2.45) is 0 Å². The minimum Gasteiger partial charge on any atom is -0.486 e. The van der Waals surface area contributed by atoms with E-state index in [0.717, 1.165) is 10.6 Å². The number of H-pyrrole nitrogens is 1. The summed E-state index contributed by atoms with van der Waals surface area (Å²) in [6.07, 6.45) is 2.45. The second kappa shape index (κ2) is 7.94. The number of nitrogen functional groups attached to an aromatic ring is 1. The van der Waals surface area contributed by atoms with Crippen molar-refractivity contribution in [1.29, 1.82) is 0 Å². The minimum atomic E-state index is -1.17. The molecule has 1 aliphatic rings. The molecule has 1 aliphatic heterocycles. The second-order valence-corrected chi connectivity index (χ2v) is 7.94. The lowest BCUT2D eigenvalue weighted by Crippen LogP contribution is -2.35.